The van der Waals surface area contributed by atoms with Crippen molar-refractivity contribution in [3.8, 4) is 0 Å². The molecule has 0 heterocycles. The summed E-state index contributed by atoms with van der Waals surface area (Å²) in [5, 5.41) is 0. The lowest BCUT2D eigenvalue weighted by molar-refractivity contribution is 0.760. The van der Waals surface area contributed by atoms with Gasteiger partial charge in [0.2, 0.25) is 0 Å². The van der Waals surface area contributed by atoms with Crippen LogP contribution in [0.2, 0.25) is 0 Å². The van der Waals surface area contributed by atoms with Crippen molar-refractivity contribution in [2.75, 3.05) is 0 Å². The number of allylic oxidation sites excluding steroid dienone is 14. The van der Waals surface area contributed by atoms with Gasteiger partial charge in [0.05, 0.1) is 0 Å². The van der Waals surface area contributed by atoms with Gasteiger partial charge in [-0.15, -0.1) is 0 Å². The standard InChI is InChI=1S/3C8H10/c3*1-2-4-6-8-7-5-3-1/h1,7H,2,4,6,8H2;1-4,7-8H,5-6H2;1-6H,7-8H2/b;3-1?,4-2?,8-7-;2-1?,5-3-,6-4?. The molecule has 0 amide bonds. The Bertz CT molecular complexity index is 513. The van der Waals surface area contributed by atoms with Gasteiger partial charge < -0.3 is 0 Å². The lowest BCUT2D eigenvalue weighted by Gasteiger charge is -1.90. The van der Waals surface area contributed by atoms with E-state index in [9.17, 15) is 0 Å². The van der Waals surface area contributed by atoms with E-state index in [0.29, 0.717) is 0 Å². The summed E-state index contributed by atoms with van der Waals surface area (Å²) in [7, 11) is 0. The molecule has 0 saturated heterocycles. The van der Waals surface area contributed by atoms with Crippen LogP contribution in [0.5, 0.6) is 0 Å². The molecule has 0 aromatic carbocycles. The summed E-state index contributed by atoms with van der Waals surface area (Å²) in [4.78, 5) is 0. The van der Waals surface area contributed by atoms with Gasteiger partial charge in [-0.3, -0.25) is 0 Å². The van der Waals surface area contributed by atoms with Crippen LogP contribution >= 0.6 is 0 Å². The minimum Gasteiger partial charge on any atom is -0.0844 e. The summed E-state index contributed by atoms with van der Waals surface area (Å²) < 4.78 is 0. The third kappa shape index (κ3) is 14.7. The Labute approximate surface area is 148 Å². The van der Waals surface area contributed by atoms with Crippen LogP contribution in [0.25, 0.3) is 0 Å². The molecule has 0 aromatic rings. The molecule has 0 bridgehead atoms. The van der Waals surface area contributed by atoms with Gasteiger partial charge in [0.1, 0.15) is 0 Å². The minimum atomic E-state index is 1.09. The monoisotopic (exact) mass is 318 g/mol. The molecule has 0 N–H and O–H groups in total. The van der Waals surface area contributed by atoms with E-state index in [-0.39, 0.29) is 0 Å². The molecule has 0 spiro atoms. The van der Waals surface area contributed by atoms with E-state index in [2.05, 4.69) is 96.5 Å². The summed E-state index contributed by atoms with van der Waals surface area (Å²) in [5.74, 6) is 0. The normalized spacial score (nSPS) is 20.7. The highest BCUT2D eigenvalue weighted by Gasteiger charge is 1.83. The van der Waals surface area contributed by atoms with Gasteiger partial charge in [-0.1, -0.05) is 84.4 Å². The van der Waals surface area contributed by atoms with Gasteiger partial charge in [0, 0.05) is 0 Å². The van der Waals surface area contributed by atoms with Crippen LogP contribution in [0, 0.1) is 0 Å². The molecule has 0 unspecified atom stereocenters. The smallest absolute Gasteiger partial charge is 0.0166 e. The largest absolute Gasteiger partial charge is 0.0844 e. The second-order valence-electron chi connectivity index (χ2n) is 5.60. The predicted octanol–water partition coefficient (Wildman–Crippen LogP) is 7.32. The van der Waals surface area contributed by atoms with E-state index in [1.807, 2.05) is 0 Å². The van der Waals surface area contributed by atoms with Gasteiger partial charge in [-0.05, 0) is 63.5 Å². The molecule has 0 radical (unpaired) electrons. The zero-order valence-corrected chi connectivity index (χ0v) is 14.7. The lowest BCUT2D eigenvalue weighted by Crippen LogP contribution is -1.71. The summed E-state index contributed by atoms with van der Waals surface area (Å²) in [6, 6.07) is 0. The van der Waals surface area contributed by atoms with E-state index >= 15 is 0 Å². The molecule has 3 rings (SSSR count). The Kier molecular flexibility index (Phi) is 14.1. The molecule has 0 saturated carbocycles. The van der Waals surface area contributed by atoms with Gasteiger partial charge >= 0.3 is 0 Å². The molecule has 3 aliphatic rings. The summed E-state index contributed by atoms with van der Waals surface area (Å²) in [6.07, 6.45) is 39.1. The van der Waals surface area contributed by atoms with E-state index in [1.54, 1.807) is 0 Å². The van der Waals surface area contributed by atoms with Gasteiger partial charge in [0.15, 0.2) is 0 Å². The third-order valence-corrected chi connectivity index (χ3v) is 3.43. The molecular formula is C24H30. The zero-order valence-electron chi connectivity index (χ0n) is 14.7. The molecule has 0 nitrogen and oxygen atoms in total. The highest BCUT2D eigenvalue weighted by Crippen LogP contribution is 2.01. The molecule has 0 atom stereocenters. The van der Waals surface area contributed by atoms with Crippen LogP contribution in [0.1, 0.15) is 51.4 Å². The van der Waals surface area contributed by atoms with E-state index in [0.717, 1.165) is 12.8 Å². The minimum absolute atomic E-state index is 1.09. The highest BCUT2D eigenvalue weighted by molar-refractivity contribution is 5.13. The first-order chi connectivity index (χ1) is 12.0. The molecule has 0 fully saturated rings. The summed E-state index contributed by atoms with van der Waals surface area (Å²) in [5.41, 5.74) is 5.91. The number of hydrogen-bond acceptors (Lipinski definition) is 0. The predicted molar refractivity (Wildman–Crippen MR) is 108 cm³/mol. The van der Waals surface area contributed by atoms with Crippen LogP contribution in [-0.4, -0.2) is 0 Å². The summed E-state index contributed by atoms with van der Waals surface area (Å²) in [6.45, 7) is 0. The van der Waals surface area contributed by atoms with Crippen molar-refractivity contribution >= 4 is 0 Å². The second-order valence-corrected chi connectivity index (χ2v) is 5.60. The van der Waals surface area contributed by atoms with Crippen LogP contribution in [0.4, 0.5) is 0 Å². The van der Waals surface area contributed by atoms with Gasteiger partial charge in [-0.2, -0.15) is 0 Å². The maximum Gasteiger partial charge on any atom is -0.0166 e. The van der Waals surface area contributed by atoms with Crippen molar-refractivity contribution < 1.29 is 0 Å². The van der Waals surface area contributed by atoms with Gasteiger partial charge in [-0.25, -0.2) is 0 Å². The fraction of sp³-hybridized carbons (Fsp3) is 0.333. The van der Waals surface area contributed by atoms with Crippen LogP contribution in [0.15, 0.2) is 96.5 Å². The van der Waals surface area contributed by atoms with E-state index < -0.39 is 0 Å². The van der Waals surface area contributed by atoms with Crippen LogP contribution in [-0.2, 0) is 0 Å². The van der Waals surface area contributed by atoms with Gasteiger partial charge in [0.25, 0.3) is 0 Å². The summed E-state index contributed by atoms with van der Waals surface area (Å²) >= 11 is 0. The van der Waals surface area contributed by atoms with Crippen molar-refractivity contribution in [1.82, 2.24) is 0 Å². The highest BCUT2D eigenvalue weighted by atomic mass is 13.9. The molecule has 0 aliphatic heterocycles. The first-order valence-corrected chi connectivity index (χ1v) is 9.09. The SMILES string of the molecule is C1=C/C=C\CCC=C1.C1=C=CCCCCC=1.C1=CC/C=C\CC=C1. The molecule has 3 aliphatic carbocycles. The molecule has 24 heavy (non-hydrogen) atoms. The topological polar surface area (TPSA) is 0 Å². The number of hydrogen-bond donors (Lipinski definition) is 0. The van der Waals surface area contributed by atoms with Crippen molar-refractivity contribution in [2.24, 2.45) is 0 Å². The average molecular weight is 319 g/mol. The first kappa shape index (κ1) is 19.8. The van der Waals surface area contributed by atoms with Crippen LogP contribution in [0.3, 0.4) is 0 Å². The maximum absolute atomic E-state index is 2.96. The first-order valence-electron chi connectivity index (χ1n) is 9.09. The van der Waals surface area contributed by atoms with E-state index in [4.69, 9.17) is 0 Å². The molecule has 0 aromatic heterocycles. The Morgan fingerprint density at radius 2 is 0.875 bits per heavy atom. The lowest BCUT2D eigenvalue weighted by atomic mass is 10.2. The quantitative estimate of drug-likeness (QED) is 0.324. The molecule has 126 valence electrons. The average Bonchev–Trinajstić information content (AvgIpc) is 2.46. The fourth-order valence-electron chi connectivity index (χ4n) is 2.09. The van der Waals surface area contributed by atoms with Crippen molar-refractivity contribution in [2.45, 2.75) is 51.4 Å². The van der Waals surface area contributed by atoms with Crippen molar-refractivity contribution in [3.05, 3.63) is 96.5 Å². The third-order valence-electron chi connectivity index (χ3n) is 3.43. The Hall–Kier alpha value is -2.26. The van der Waals surface area contributed by atoms with Crippen molar-refractivity contribution in [1.29, 1.82) is 0 Å². The molecular weight excluding hydrogens is 288 g/mol. The Morgan fingerprint density at radius 1 is 0.417 bits per heavy atom. The fourth-order valence-corrected chi connectivity index (χ4v) is 2.09. The Morgan fingerprint density at radius 3 is 1.38 bits per heavy atom. The number of rotatable bonds is 0. The molecule has 0 heteroatoms. The van der Waals surface area contributed by atoms with E-state index in [1.165, 1.54) is 38.5 Å². The zero-order chi connectivity index (χ0) is 17.0. The van der Waals surface area contributed by atoms with Crippen LogP contribution < -0.4 is 0 Å². The second kappa shape index (κ2) is 17.1. The maximum atomic E-state index is 2.96. The van der Waals surface area contributed by atoms with Crippen molar-refractivity contribution in [3.63, 3.8) is 0 Å². The Balaban J connectivity index is 0.000000180.